The fourth-order valence-corrected chi connectivity index (χ4v) is 1.23. The Hall–Kier alpha value is -1.31. The Labute approximate surface area is 78.3 Å². The monoisotopic (exact) mass is 178 g/mol. The van der Waals surface area contributed by atoms with E-state index in [0.717, 1.165) is 17.8 Å². The van der Waals surface area contributed by atoms with E-state index in [2.05, 4.69) is 6.58 Å². The Morgan fingerprint density at radius 2 is 2.31 bits per heavy atom. The third-order valence-electron chi connectivity index (χ3n) is 1.83. The third kappa shape index (κ3) is 2.31. The van der Waals surface area contributed by atoms with E-state index in [9.17, 15) is 4.79 Å². The van der Waals surface area contributed by atoms with Crippen molar-refractivity contribution >= 4 is 5.78 Å². The lowest BCUT2D eigenvalue weighted by molar-refractivity contribution is 0.0991. The van der Waals surface area contributed by atoms with Gasteiger partial charge in [0, 0.05) is 12.8 Å². The van der Waals surface area contributed by atoms with E-state index < -0.39 is 0 Å². The van der Waals surface area contributed by atoms with E-state index in [1.807, 2.05) is 13.8 Å². The molecule has 0 fully saturated rings. The molecular formula is C11H14O2. The number of ketones is 1. The molecule has 1 rings (SSSR count). The Bertz CT molecular complexity index is 321. The fraction of sp³-hybridized carbons (Fsp3) is 0.364. The van der Waals surface area contributed by atoms with Gasteiger partial charge in [-0.15, -0.1) is 0 Å². The van der Waals surface area contributed by atoms with Crippen LogP contribution in [0.3, 0.4) is 0 Å². The van der Waals surface area contributed by atoms with Crippen LogP contribution >= 0.6 is 0 Å². The number of Topliss-reactive ketones (excluding diaryl/α,β-unsaturated/α-hetero) is 1. The molecule has 0 aliphatic rings. The number of hydrogen-bond donors (Lipinski definition) is 0. The molecule has 0 saturated carbocycles. The SMILES string of the molecule is C=C(C)CC(=O)c1ccoc1CC. The molecule has 70 valence electrons. The van der Waals surface area contributed by atoms with Crippen LogP contribution in [0.2, 0.25) is 0 Å². The molecule has 0 radical (unpaired) electrons. The Balaban J connectivity index is 2.82. The van der Waals surface area contributed by atoms with Gasteiger partial charge in [0.05, 0.1) is 11.8 Å². The summed E-state index contributed by atoms with van der Waals surface area (Å²) in [4.78, 5) is 11.6. The van der Waals surface area contributed by atoms with Crippen LogP contribution in [0.5, 0.6) is 0 Å². The van der Waals surface area contributed by atoms with Gasteiger partial charge in [0.15, 0.2) is 5.78 Å². The molecule has 0 aliphatic carbocycles. The highest BCUT2D eigenvalue weighted by Gasteiger charge is 2.12. The van der Waals surface area contributed by atoms with Crippen molar-refractivity contribution in [2.45, 2.75) is 26.7 Å². The van der Waals surface area contributed by atoms with Gasteiger partial charge in [0.25, 0.3) is 0 Å². The second kappa shape index (κ2) is 4.08. The van der Waals surface area contributed by atoms with Crippen molar-refractivity contribution in [2.75, 3.05) is 0 Å². The van der Waals surface area contributed by atoms with Crippen LogP contribution in [0.1, 0.15) is 36.4 Å². The minimum atomic E-state index is 0.0955. The topological polar surface area (TPSA) is 30.2 Å². The van der Waals surface area contributed by atoms with Crippen molar-refractivity contribution in [2.24, 2.45) is 0 Å². The highest BCUT2D eigenvalue weighted by molar-refractivity contribution is 5.98. The molecule has 0 aliphatic heterocycles. The van der Waals surface area contributed by atoms with Gasteiger partial charge in [-0.2, -0.15) is 0 Å². The lowest BCUT2D eigenvalue weighted by Crippen LogP contribution is -2.00. The summed E-state index contributed by atoms with van der Waals surface area (Å²) in [5.74, 6) is 0.865. The summed E-state index contributed by atoms with van der Waals surface area (Å²) in [7, 11) is 0. The zero-order chi connectivity index (χ0) is 9.84. The van der Waals surface area contributed by atoms with Gasteiger partial charge in [-0.05, 0) is 13.0 Å². The number of furan rings is 1. The first-order valence-corrected chi connectivity index (χ1v) is 4.39. The maximum absolute atomic E-state index is 11.6. The molecule has 0 bridgehead atoms. The minimum Gasteiger partial charge on any atom is -0.469 e. The van der Waals surface area contributed by atoms with E-state index in [4.69, 9.17) is 4.42 Å². The molecular weight excluding hydrogens is 164 g/mol. The van der Waals surface area contributed by atoms with Crippen molar-refractivity contribution in [3.63, 3.8) is 0 Å². The average molecular weight is 178 g/mol. The van der Waals surface area contributed by atoms with Gasteiger partial charge in [-0.25, -0.2) is 0 Å². The summed E-state index contributed by atoms with van der Waals surface area (Å²) in [6.07, 6.45) is 2.72. The zero-order valence-corrected chi connectivity index (χ0v) is 8.09. The second-order valence-electron chi connectivity index (χ2n) is 3.17. The van der Waals surface area contributed by atoms with Crippen LogP contribution in [0, 0.1) is 0 Å². The van der Waals surface area contributed by atoms with Gasteiger partial charge >= 0.3 is 0 Å². The molecule has 0 aromatic carbocycles. The van der Waals surface area contributed by atoms with Crippen LogP contribution < -0.4 is 0 Å². The summed E-state index contributed by atoms with van der Waals surface area (Å²) < 4.78 is 5.17. The average Bonchev–Trinajstić information content (AvgIpc) is 2.49. The van der Waals surface area contributed by atoms with E-state index >= 15 is 0 Å². The molecule has 0 saturated heterocycles. The van der Waals surface area contributed by atoms with E-state index in [1.165, 1.54) is 0 Å². The molecule has 0 spiro atoms. The minimum absolute atomic E-state index is 0.0955. The van der Waals surface area contributed by atoms with Crippen molar-refractivity contribution in [1.82, 2.24) is 0 Å². The maximum atomic E-state index is 11.6. The van der Waals surface area contributed by atoms with Crippen LogP contribution in [0.25, 0.3) is 0 Å². The quantitative estimate of drug-likeness (QED) is 0.524. The smallest absolute Gasteiger partial charge is 0.170 e. The van der Waals surface area contributed by atoms with E-state index in [1.54, 1.807) is 12.3 Å². The van der Waals surface area contributed by atoms with Crippen molar-refractivity contribution in [3.05, 3.63) is 35.8 Å². The zero-order valence-electron chi connectivity index (χ0n) is 8.09. The molecule has 2 heteroatoms. The predicted octanol–water partition coefficient (Wildman–Crippen LogP) is 2.99. The summed E-state index contributed by atoms with van der Waals surface area (Å²) in [6.45, 7) is 7.53. The van der Waals surface area contributed by atoms with Crippen LogP contribution in [-0.2, 0) is 6.42 Å². The highest BCUT2D eigenvalue weighted by Crippen LogP contribution is 2.15. The van der Waals surface area contributed by atoms with Crippen LogP contribution in [0.4, 0.5) is 0 Å². The molecule has 1 aromatic rings. The van der Waals surface area contributed by atoms with E-state index in [0.29, 0.717) is 12.0 Å². The molecule has 0 amide bonds. The summed E-state index contributed by atoms with van der Waals surface area (Å²) in [6, 6.07) is 1.73. The Morgan fingerprint density at radius 3 is 2.85 bits per heavy atom. The summed E-state index contributed by atoms with van der Waals surface area (Å²) in [5.41, 5.74) is 1.58. The number of carbonyl (C=O) groups excluding carboxylic acids is 1. The second-order valence-corrected chi connectivity index (χ2v) is 3.17. The van der Waals surface area contributed by atoms with Crippen LogP contribution in [-0.4, -0.2) is 5.78 Å². The lowest BCUT2D eigenvalue weighted by atomic mass is 10.0. The molecule has 2 nitrogen and oxygen atoms in total. The first-order chi connectivity index (χ1) is 6.15. The van der Waals surface area contributed by atoms with Crippen molar-refractivity contribution < 1.29 is 9.21 Å². The summed E-state index contributed by atoms with van der Waals surface area (Å²) in [5, 5.41) is 0. The first-order valence-electron chi connectivity index (χ1n) is 4.39. The number of aryl methyl sites for hydroxylation is 1. The Kier molecular flexibility index (Phi) is 3.07. The molecule has 13 heavy (non-hydrogen) atoms. The number of hydrogen-bond acceptors (Lipinski definition) is 2. The molecule has 1 aromatic heterocycles. The normalized spacial score (nSPS) is 10.0. The highest BCUT2D eigenvalue weighted by atomic mass is 16.3. The molecule has 0 unspecified atom stereocenters. The molecule has 0 N–H and O–H groups in total. The van der Waals surface area contributed by atoms with E-state index in [-0.39, 0.29) is 5.78 Å². The van der Waals surface area contributed by atoms with Gasteiger partial charge in [0.1, 0.15) is 5.76 Å². The third-order valence-corrected chi connectivity index (χ3v) is 1.83. The summed E-state index contributed by atoms with van der Waals surface area (Å²) >= 11 is 0. The number of rotatable bonds is 4. The number of allylic oxidation sites excluding steroid dienone is 1. The van der Waals surface area contributed by atoms with Crippen molar-refractivity contribution in [1.29, 1.82) is 0 Å². The lowest BCUT2D eigenvalue weighted by Gasteiger charge is -1.98. The van der Waals surface area contributed by atoms with Gasteiger partial charge in [-0.1, -0.05) is 19.1 Å². The van der Waals surface area contributed by atoms with Gasteiger partial charge < -0.3 is 4.42 Å². The molecule has 1 heterocycles. The van der Waals surface area contributed by atoms with Gasteiger partial charge in [-0.3, -0.25) is 4.79 Å². The number of carbonyl (C=O) groups is 1. The maximum Gasteiger partial charge on any atom is 0.170 e. The Morgan fingerprint density at radius 1 is 1.62 bits per heavy atom. The largest absolute Gasteiger partial charge is 0.469 e. The van der Waals surface area contributed by atoms with Crippen molar-refractivity contribution in [3.8, 4) is 0 Å². The standard InChI is InChI=1S/C11H14O2/c1-4-11-9(5-6-13-11)10(12)7-8(2)3/h5-6H,2,4,7H2,1,3H3. The van der Waals surface area contributed by atoms with Gasteiger partial charge in [0.2, 0.25) is 0 Å². The fourth-order valence-electron chi connectivity index (χ4n) is 1.23. The predicted molar refractivity (Wildman–Crippen MR) is 51.8 cm³/mol. The first kappa shape index (κ1) is 9.78. The van der Waals surface area contributed by atoms with Crippen LogP contribution in [0.15, 0.2) is 28.9 Å². The molecule has 0 atom stereocenters.